The van der Waals surface area contributed by atoms with Crippen molar-refractivity contribution in [2.24, 2.45) is 0 Å². The first-order valence-electron chi connectivity index (χ1n) is 25.2. The van der Waals surface area contributed by atoms with Crippen molar-refractivity contribution < 1.29 is 52.2 Å². The molecule has 3 aliphatic rings. The summed E-state index contributed by atoms with van der Waals surface area (Å²) in [5.41, 5.74) is 4.60. The number of esters is 2. The van der Waals surface area contributed by atoms with E-state index in [0.717, 1.165) is 35.1 Å². The summed E-state index contributed by atoms with van der Waals surface area (Å²) in [4.78, 5) is 26.6. The van der Waals surface area contributed by atoms with E-state index >= 15 is 0 Å². The molecule has 2 aliphatic heterocycles. The molecule has 4 aromatic carbocycles. The molecule has 71 heavy (non-hydrogen) atoms. The van der Waals surface area contributed by atoms with Gasteiger partial charge in [0.15, 0.2) is 12.6 Å². The normalized spacial score (nSPS) is 22.6. The lowest BCUT2D eigenvalue weighted by atomic mass is 9.99. The molecule has 0 N–H and O–H groups in total. The summed E-state index contributed by atoms with van der Waals surface area (Å²) in [6.07, 6.45) is 6.26. The average Bonchev–Trinajstić information content (AvgIpc) is 3.44. The molecule has 4 unspecified atom stereocenters. The topological polar surface area (TPSA) is 117 Å². The Bertz CT molecular complexity index is 2190. The van der Waals surface area contributed by atoms with E-state index in [1.54, 1.807) is 6.08 Å². The van der Waals surface area contributed by atoms with Crippen molar-refractivity contribution in [1.29, 1.82) is 0 Å². The van der Waals surface area contributed by atoms with Crippen molar-refractivity contribution in [3.05, 3.63) is 204 Å². The number of hydrogen-bond donors (Lipinski definition) is 0. The van der Waals surface area contributed by atoms with Gasteiger partial charge in [-0.25, -0.2) is 9.59 Å². The molecular weight excluding hydrogens is 897 g/mol. The van der Waals surface area contributed by atoms with Gasteiger partial charge >= 0.3 is 11.9 Å². The van der Waals surface area contributed by atoms with Crippen LogP contribution in [-0.2, 0) is 78.6 Å². The Balaban J connectivity index is 0.00000176. The van der Waals surface area contributed by atoms with Crippen LogP contribution in [0.15, 0.2) is 182 Å². The van der Waals surface area contributed by atoms with Crippen LogP contribution < -0.4 is 0 Å². The summed E-state index contributed by atoms with van der Waals surface area (Å²) in [6, 6.07) is 39.4. The summed E-state index contributed by atoms with van der Waals surface area (Å²) in [7, 11) is 0. The predicted octanol–water partition coefficient (Wildman–Crippen LogP) is 12.3. The lowest BCUT2D eigenvalue weighted by Crippen LogP contribution is -2.56. The van der Waals surface area contributed by atoms with Crippen molar-refractivity contribution in [2.75, 3.05) is 13.2 Å². The molecule has 0 radical (unpaired) electrons. The number of allylic oxidation sites excluding steroid dienone is 4. The zero-order valence-electron chi connectivity index (χ0n) is 42.6. The van der Waals surface area contributed by atoms with Crippen LogP contribution in [0.1, 0.15) is 89.5 Å². The minimum atomic E-state index is -0.916. The molecule has 7 rings (SSSR count). The Labute approximate surface area is 423 Å². The van der Waals surface area contributed by atoms with Crippen molar-refractivity contribution in [3.63, 3.8) is 0 Å². The van der Waals surface area contributed by atoms with E-state index in [9.17, 15) is 9.59 Å². The molecule has 0 spiro atoms. The Morgan fingerprint density at radius 2 is 0.972 bits per heavy atom. The van der Waals surface area contributed by atoms with Crippen LogP contribution in [-0.4, -0.2) is 74.4 Å². The van der Waals surface area contributed by atoms with Crippen LogP contribution in [0, 0.1) is 0 Å². The summed E-state index contributed by atoms with van der Waals surface area (Å²) in [5, 5.41) is 0. The highest BCUT2D eigenvalue weighted by atomic mass is 16.8. The maximum Gasteiger partial charge on any atom is 0.338 e. The first-order valence-corrected chi connectivity index (χ1v) is 25.2. The van der Waals surface area contributed by atoms with E-state index in [1.807, 2.05) is 175 Å². The van der Waals surface area contributed by atoms with Gasteiger partial charge in [-0.15, -0.1) is 0 Å². The minimum absolute atomic E-state index is 0.124. The van der Waals surface area contributed by atoms with Gasteiger partial charge < -0.3 is 42.6 Å². The van der Waals surface area contributed by atoms with Crippen LogP contribution in [0.3, 0.4) is 0 Å². The Hall–Kier alpha value is -5.76. The largest absolute Gasteiger partial charge is 0.459 e. The molecule has 11 nitrogen and oxygen atoms in total. The smallest absolute Gasteiger partial charge is 0.338 e. The van der Waals surface area contributed by atoms with E-state index in [4.69, 9.17) is 42.6 Å². The third kappa shape index (κ3) is 19.4. The van der Waals surface area contributed by atoms with Gasteiger partial charge in [0.25, 0.3) is 0 Å². The number of carbonyl (C=O) groups excluding carboxylic acids is 2. The molecule has 2 saturated heterocycles. The summed E-state index contributed by atoms with van der Waals surface area (Å²) in [6.45, 7) is 20.3. The number of ether oxygens (including phenoxy) is 9. The van der Waals surface area contributed by atoms with E-state index in [0.29, 0.717) is 12.2 Å². The fourth-order valence-electron chi connectivity index (χ4n) is 7.83. The zero-order chi connectivity index (χ0) is 51.1. The fraction of sp³-hybridized carbons (Fsp3) is 0.400. The minimum Gasteiger partial charge on any atom is -0.459 e. The maximum absolute atomic E-state index is 13.3. The number of rotatable bonds is 22. The highest BCUT2D eigenvalue weighted by molar-refractivity contribution is 5.92. The third-order valence-corrected chi connectivity index (χ3v) is 11.2. The van der Waals surface area contributed by atoms with Gasteiger partial charge in [0.2, 0.25) is 0 Å². The van der Waals surface area contributed by atoms with E-state index < -0.39 is 61.1 Å². The van der Waals surface area contributed by atoms with Gasteiger partial charge in [0, 0.05) is 12.8 Å². The number of hydrogen-bond acceptors (Lipinski definition) is 11. The lowest BCUT2D eigenvalue weighted by Gasteiger charge is -2.45. The first-order chi connectivity index (χ1) is 34.9. The van der Waals surface area contributed by atoms with E-state index in [2.05, 4.69) is 13.2 Å². The van der Waals surface area contributed by atoms with Gasteiger partial charge in [-0.05, 0) is 41.2 Å². The molecule has 11 heteroatoms. The monoisotopic (exact) mass is 973 g/mol. The molecule has 4 aromatic rings. The first kappa shape index (κ1) is 57.8. The van der Waals surface area contributed by atoms with Crippen molar-refractivity contribution in [1.82, 2.24) is 0 Å². The molecule has 8 atom stereocenters. The second-order valence-electron chi connectivity index (χ2n) is 15.9. The molecule has 2 heterocycles. The maximum atomic E-state index is 13.3. The molecule has 2 fully saturated rings. The second kappa shape index (κ2) is 33.8. The average molecular weight is 973 g/mol. The second-order valence-corrected chi connectivity index (χ2v) is 15.9. The SMILES string of the molecule is C=C/C=C(\C=C)C(=O)OCC1O[C@H](O[C@@H]2CC(OCc3ccccc3)[C@H](OCc3ccccc3)C(COC(=O)C3=CCCC=C3)O2)CC(OCc2ccccc2)[C@@H]1OCc1ccccc1.CC.CC.CC. The number of benzene rings is 4. The van der Waals surface area contributed by atoms with Gasteiger partial charge in [-0.2, -0.15) is 0 Å². The molecule has 382 valence electrons. The fourth-order valence-corrected chi connectivity index (χ4v) is 7.83. The molecule has 0 aromatic heterocycles. The Kier molecular flexibility index (Phi) is 27.5. The zero-order valence-corrected chi connectivity index (χ0v) is 42.6. The van der Waals surface area contributed by atoms with Crippen LogP contribution >= 0.6 is 0 Å². The van der Waals surface area contributed by atoms with Gasteiger partial charge in [0.05, 0.1) is 49.8 Å². The third-order valence-electron chi connectivity index (χ3n) is 11.2. The summed E-state index contributed by atoms with van der Waals surface area (Å²) in [5.74, 6) is -1.05. The molecule has 0 amide bonds. The van der Waals surface area contributed by atoms with Crippen LogP contribution in [0.4, 0.5) is 0 Å². The predicted molar refractivity (Wildman–Crippen MR) is 279 cm³/mol. The van der Waals surface area contributed by atoms with Gasteiger partial charge in [0.1, 0.15) is 37.6 Å². The van der Waals surface area contributed by atoms with Crippen LogP contribution in [0.2, 0.25) is 0 Å². The number of carbonyl (C=O) groups is 2. The highest BCUT2D eigenvalue weighted by Gasteiger charge is 2.46. The van der Waals surface area contributed by atoms with Crippen LogP contribution in [0.5, 0.6) is 0 Å². The molecule has 1 aliphatic carbocycles. The van der Waals surface area contributed by atoms with Crippen molar-refractivity contribution in [2.45, 2.75) is 143 Å². The standard InChI is InChI=1S/C54H58O11.3C2H6/c1-3-20-43(4-2)53(55)61-37-47-51(59-35-41-25-14-7-15-26-41)45(57-33-39-21-10-5-11-22-39)31-49(63-47)65-50-32-46(58-34-40-23-12-6-13-24-40)52(60-36-42-27-16-8-17-28-42)48(64-50)38-62-54(56)44-29-18-9-19-30-44;3*1-2/h3-8,10-18,20-30,45-52H,1-2,9,19,31-38H2;3*1-2H3/b43-20+;;;/t45?,46?,47?,48?,49-,50-,51+,52+;;;/m1.../s1. The van der Waals surface area contributed by atoms with E-state index in [1.165, 1.54) is 18.2 Å². The Morgan fingerprint density at radius 1 is 0.563 bits per heavy atom. The Morgan fingerprint density at radius 3 is 1.35 bits per heavy atom. The quantitative estimate of drug-likeness (QED) is 0.0426. The van der Waals surface area contributed by atoms with Gasteiger partial charge in [-0.3, -0.25) is 0 Å². The summed E-state index contributed by atoms with van der Waals surface area (Å²) < 4.78 is 58.5. The van der Waals surface area contributed by atoms with Crippen molar-refractivity contribution in [3.8, 4) is 0 Å². The highest BCUT2D eigenvalue weighted by Crippen LogP contribution is 2.34. The molecular formula is C60H76O11. The van der Waals surface area contributed by atoms with Crippen molar-refractivity contribution >= 4 is 11.9 Å². The lowest BCUT2D eigenvalue weighted by molar-refractivity contribution is -0.345. The van der Waals surface area contributed by atoms with Crippen LogP contribution in [0.25, 0.3) is 0 Å². The molecule has 0 saturated carbocycles. The summed E-state index contributed by atoms with van der Waals surface area (Å²) >= 11 is 0. The molecule has 0 bridgehead atoms. The van der Waals surface area contributed by atoms with Gasteiger partial charge in [-0.1, -0.05) is 206 Å². The van der Waals surface area contributed by atoms with E-state index in [-0.39, 0.29) is 51.4 Å².